The summed E-state index contributed by atoms with van der Waals surface area (Å²) >= 11 is 0. The van der Waals surface area contributed by atoms with Gasteiger partial charge in [-0.1, -0.05) is 24.3 Å². The molecule has 0 bridgehead atoms. The van der Waals surface area contributed by atoms with Gasteiger partial charge in [-0.3, -0.25) is 4.98 Å². The van der Waals surface area contributed by atoms with Crippen LogP contribution in [0.5, 0.6) is 0 Å². The summed E-state index contributed by atoms with van der Waals surface area (Å²) in [5.74, 6) is 0. The molecule has 0 radical (unpaired) electrons. The molecule has 0 fully saturated rings. The van der Waals surface area contributed by atoms with Crippen molar-refractivity contribution in [1.29, 1.82) is 0 Å². The molecule has 2 heteroatoms. The largest absolute Gasteiger partial charge is 0.367 e. The van der Waals surface area contributed by atoms with Crippen LogP contribution >= 0.6 is 0 Å². The Kier molecular flexibility index (Phi) is 2.67. The van der Waals surface area contributed by atoms with Crippen molar-refractivity contribution < 1.29 is 0 Å². The molecule has 1 atom stereocenters. The molecule has 2 aromatic rings. The van der Waals surface area contributed by atoms with E-state index < -0.39 is 0 Å². The Morgan fingerprint density at radius 1 is 1.11 bits per heavy atom. The van der Waals surface area contributed by atoms with Crippen molar-refractivity contribution in [3.63, 3.8) is 0 Å². The van der Waals surface area contributed by atoms with Gasteiger partial charge in [-0.15, -0.1) is 0 Å². The zero-order valence-corrected chi connectivity index (χ0v) is 11.6. The van der Waals surface area contributed by atoms with Crippen LogP contribution < -0.4 is 0 Å². The molecule has 1 aromatic carbocycles. The first kappa shape index (κ1) is 12.0. The highest BCUT2D eigenvalue weighted by molar-refractivity contribution is 5.60. The average Bonchev–Trinajstić information content (AvgIpc) is 2.44. The zero-order chi connectivity index (χ0) is 13.5. The van der Waals surface area contributed by atoms with Gasteiger partial charge in [-0.25, -0.2) is 0 Å². The van der Waals surface area contributed by atoms with Crippen LogP contribution in [0.15, 0.2) is 48.9 Å². The standard InChI is InChI=1S/C17H18N2/c1-13-6-4-5-7-15(13)17(2)16-12-18-10-8-14(16)9-11-19(17)3/h4-12H,1-3H3. The highest BCUT2D eigenvalue weighted by Gasteiger charge is 2.36. The summed E-state index contributed by atoms with van der Waals surface area (Å²) in [7, 11) is 2.12. The van der Waals surface area contributed by atoms with Gasteiger partial charge >= 0.3 is 0 Å². The summed E-state index contributed by atoms with van der Waals surface area (Å²) < 4.78 is 0. The van der Waals surface area contributed by atoms with E-state index in [1.165, 1.54) is 22.3 Å². The summed E-state index contributed by atoms with van der Waals surface area (Å²) in [5, 5.41) is 0. The van der Waals surface area contributed by atoms with Crippen molar-refractivity contribution in [3.8, 4) is 0 Å². The second kappa shape index (κ2) is 4.23. The predicted octanol–water partition coefficient (Wildman–Crippen LogP) is 3.57. The number of pyridine rings is 1. The summed E-state index contributed by atoms with van der Waals surface area (Å²) in [5.41, 5.74) is 4.98. The topological polar surface area (TPSA) is 16.1 Å². The minimum Gasteiger partial charge on any atom is -0.367 e. The number of aromatic nitrogens is 1. The molecule has 0 saturated carbocycles. The van der Waals surface area contributed by atoms with E-state index >= 15 is 0 Å². The van der Waals surface area contributed by atoms with E-state index in [9.17, 15) is 0 Å². The van der Waals surface area contributed by atoms with E-state index in [0.717, 1.165) is 0 Å². The average molecular weight is 250 g/mol. The third-order valence-corrected chi connectivity index (χ3v) is 4.23. The Bertz CT molecular complexity index is 645. The van der Waals surface area contributed by atoms with Gasteiger partial charge in [0.15, 0.2) is 0 Å². The van der Waals surface area contributed by atoms with Crippen LogP contribution in [0, 0.1) is 6.92 Å². The Balaban J connectivity index is 2.28. The molecule has 0 amide bonds. The number of rotatable bonds is 1. The first-order valence-corrected chi connectivity index (χ1v) is 6.56. The molecule has 1 aliphatic heterocycles. The van der Waals surface area contributed by atoms with Crippen molar-refractivity contribution in [2.75, 3.05) is 7.05 Å². The van der Waals surface area contributed by atoms with Crippen LogP contribution in [0.25, 0.3) is 6.08 Å². The van der Waals surface area contributed by atoms with Gasteiger partial charge in [0.05, 0.1) is 5.54 Å². The fourth-order valence-electron chi connectivity index (χ4n) is 2.94. The van der Waals surface area contributed by atoms with Crippen LogP contribution in [0.3, 0.4) is 0 Å². The second-order valence-corrected chi connectivity index (χ2v) is 5.28. The maximum atomic E-state index is 4.32. The van der Waals surface area contributed by atoms with Crippen LogP contribution in [0.2, 0.25) is 0 Å². The highest BCUT2D eigenvalue weighted by Crippen LogP contribution is 2.40. The quantitative estimate of drug-likeness (QED) is 0.769. The molecule has 3 rings (SSSR count). The Labute approximate surface area is 114 Å². The number of fused-ring (bicyclic) bond motifs is 1. The van der Waals surface area contributed by atoms with Gasteiger partial charge < -0.3 is 4.90 Å². The van der Waals surface area contributed by atoms with Gasteiger partial charge in [-0.05, 0) is 42.7 Å². The number of nitrogens with zero attached hydrogens (tertiary/aromatic N) is 2. The molecule has 0 aliphatic carbocycles. The summed E-state index contributed by atoms with van der Waals surface area (Å²) in [4.78, 5) is 6.59. The Morgan fingerprint density at radius 3 is 2.68 bits per heavy atom. The summed E-state index contributed by atoms with van der Waals surface area (Å²) in [6.07, 6.45) is 8.14. The second-order valence-electron chi connectivity index (χ2n) is 5.28. The molecule has 96 valence electrons. The molecule has 1 aromatic heterocycles. The molecule has 2 nitrogen and oxygen atoms in total. The third-order valence-electron chi connectivity index (χ3n) is 4.23. The van der Waals surface area contributed by atoms with E-state index in [-0.39, 0.29) is 5.54 Å². The maximum Gasteiger partial charge on any atom is 0.0892 e. The molecule has 0 spiro atoms. The lowest BCUT2D eigenvalue weighted by atomic mass is 9.78. The summed E-state index contributed by atoms with van der Waals surface area (Å²) in [6.45, 7) is 4.43. The van der Waals surface area contributed by atoms with E-state index in [1.54, 1.807) is 0 Å². The smallest absolute Gasteiger partial charge is 0.0892 e. The fourth-order valence-corrected chi connectivity index (χ4v) is 2.94. The Hall–Kier alpha value is -2.09. The molecule has 1 aliphatic rings. The maximum absolute atomic E-state index is 4.32. The molecule has 0 saturated heterocycles. The molecular weight excluding hydrogens is 232 g/mol. The first-order chi connectivity index (χ1) is 9.14. The molecular formula is C17H18N2. The number of benzene rings is 1. The molecule has 1 unspecified atom stereocenters. The van der Waals surface area contributed by atoms with Crippen molar-refractivity contribution in [1.82, 2.24) is 9.88 Å². The molecule has 19 heavy (non-hydrogen) atoms. The van der Waals surface area contributed by atoms with Crippen molar-refractivity contribution >= 4 is 6.08 Å². The van der Waals surface area contributed by atoms with Crippen molar-refractivity contribution in [2.45, 2.75) is 19.4 Å². The van der Waals surface area contributed by atoms with Gasteiger partial charge in [0.2, 0.25) is 0 Å². The van der Waals surface area contributed by atoms with Gasteiger partial charge in [0.25, 0.3) is 0 Å². The lowest BCUT2D eigenvalue weighted by molar-refractivity contribution is 0.250. The molecule has 0 N–H and O–H groups in total. The van der Waals surface area contributed by atoms with Crippen LogP contribution in [-0.4, -0.2) is 16.9 Å². The third kappa shape index (κ3) is 1.67. The highest BCUT2D eigenvalue weighted by atomic mass is 15.2. The monoisotopic (exact) mass is 250 g/mol. The Morgan fingerprint density at radius 2 is 1.89 bits per heavy atom. The normalized spacial score (nSPS) is 21.3. The summed E-state index contributed by atoms with van der Waals surface area (Å²) in [6, 6.07) is 10.7. The minimum atomic E-state index is -0.163. The zero-order valence-electron chi connectivity index (χ0n) is 11.6. The van der Waals surface area contributed by atoms with Crippen molar-refractivity contribution in [3.05, 3.63) is 71.2 Å². The van der Waals surface area contributed by atoms with E-state index in [4.69, 9.17) is 0 Å². The van der Waals surface area contributed by atoms with Crippen LogP contribution in [-0.2, 0) is 5.54 Å². The van der Waals surface area contributed by atoms with Gasteiger partial charge in [0, 0.05) is 31.2 Å². The lowest BCUT2D eigenvalue weighted by Gasteiger charge is -2.43. The predicted molar refractivity (Wildman–Crippen MR) is 78.7 cm³/mol. The van der Waals surface area contributed by atoms with Crippen molar-refractivity contribution in [2.24, 2.45) is 0 Å². The number of aryl methyl sites for hydroxylation is 1. The number of hydrogen-bond donors (Lipinski definition) is 0. The van der Waals surface area contributed by atoms with E-state index in [1.807, 2.05) is 12.4 Å². The van der Waals surface area contributed by atoms with Gasteiger partial charge in [-0.2, -0.15) is 0 Å². The lowest BCUT2D eigenvalue weighted by Crippen LogP contribution is -2.41. The first-order valence-electron chi connectivity index (χ1n) is 6.56. The van der Waals surface area contributed by atoms with Crippen LogP contribution in [0.1, 0.15) is 29.2 Å². The minimum absolute atomic E-state index is 0.163. The molecule has 2 heterocycles. The van der Waals surface area contributed by atoms with Gasteiger partial charge in [0.1, 0.15) is 0 Å². The van der Waals surface area contributed by atoms with E-state index in [0.29, 0.717) is 0 Å². The fraction of sp³-hybridized carbons (Fsp3) is 0.235. The SMILES string of the molecule is Cc1ccccc1C1(C)c2cnccc2C=CN1C. The van der Waals surface area contributed by atoms with E-state index in [2.05, 4.69) is 73.4 Å². The van der Waals surface area contributed by atoms with Crippen LogP contribution in [0.4, 0.5) is 0 Å². The number of hydrogen-bond acceptors (Lipinski definition) is 2.